The summed E-state index contributed by atoms with van der Waals surface area (Å²) in [5, 5.41) is 19.6. The molecule has 1 aromatic carbocycles. The fourth-order valence-corrected chi connectivity index (χ4v) is 1.75. The predicted molar refractivity (Wildman–Crippen MR) is 70.9 cm³/mol. The third-order valence-corrected chi connectivity index (χ3v) is 2.81. The van der Waals surface area contributed by atoms with Crippen molar-refractivity contribution in [3.05, 3.63) is 23.3 Å². The van der Waals surface area contributed by atoms with Crippen LogP contribution in [0.15, 0.2) is 17.7 Å². The standard InChI is InChI=1S/C13H18BO3/c1-5-8(2)13(17-4)9-6-10(15)12(14-3)11(16)7-9/h6-7,15-16H,5H2,1-4H3/b13-8-. The van der Waals surface area contributed by atoms with Crippen LogP contribution in [0.5, 0.6) is 11.5 Å². The van der Waals surface area contributed by atoms with E-state index in [9.17, 15) is 10.2 Å². The molecule has 0 saturated carbocycles. The zero-order valence-corrected chi connectivity index (χ0v) is 10.7. The van der Waals surface area contributed by atoms with Gasteiger partial charge in [-0.3, -0.25) is 0 Å². The third kappa shape index (κ3) is 2.76. The molecule has 91 valence electrons. The van der Waals surface area contributed by atoms with Gasteiger partial charge < -0.3 is 14.9 Å². The molecule has 0 heterocycles. The molecule has 0 aliphatic rings. The molecule has 4 heteroatoms. The summed E-state index contributed by atoms with van der Waals surface area (Å²) in [4.78, 5) is 0. The number of rotatable bonds is 4. The Morgan fingerprint density at radius 2 is 1.82 bits per heavy atom. The van der Waals surface area contributed by atoms with Gasteiger partial charge in [-0.1, -0.05) is 13.7 Å². The number of ether oxygens (including phenoxy) is 1. The predicted octanol–water partition coefficient (Wildman–Crippen LogP) is 2.26. The number of aromatic hydroxyl groups is 2. The van der Waals surface area contributed by atoms with Gasteiger partial charge in [0, 0.05) is 5.56 Å². The molecule has 0 amide bonds. The Kier molecular flexibility index (Phi) is 4.49. The van der Waals surface area contributed by atoms with E-state index in [1.54, 1.807) is 33.3 Å². The van der Waals surface area contributed by atoms with Gasteiger partial charge in [0.25, 0.3) is 0 Å². The summed E-state index contributed by atoms with van der Waals surface area (Å²) in [5.41, 5.74) is 2.20. The van der Waals surface area contributed by atoms with Gasteiger partial charge in [-0.15, -0.1) is 0 Å². The van der Waals surface area contributed by atoms with Gasteiger partial charge in [-0.2, -0.15) is 0 Å². The van der Waals surface area contributed by atoms with Gasteiger partial charge in [0.2, 0.25) is 0 Å². The van der Waals surface area contributed by atoms with Crippen molar-refractivity contribution in [3.8, 4) is 11.5 Å². The average Bonchev–Trinajstić information content (AvgIpc) is 2.29. The van der Waals surface area contributed by atoms with Crippen molar-refractivity contribution in [1.29, 1.82) is 0 Å². The summed E-state index contributed by atoms with van der Waals surface area (Å²) >= 11 is 0. The normalized spacial score (nSPS) is 12.0. The molecule has 0 aliphatic carbocycles. The van der Waals surface area contributed by atoms with Crippen molar-refractivity contribution >= 4 is 18.5 Å². The molecular formula is C13H18BO3. The van der Waals surface area contributed by atoms with Crippen LogP contribution in [0.25, 0.3) is 5.76 Å². The molecule has 0 aliphatic heterocycles. The van der Waals surface area contributed by atoms with Crippen molar-refractivity contribution < 1.29 is 14.9 Å². The third-order valence-electron chi connectivity index (χ3n) is 2.81. The van der Waals surface area contributed by atoms with Crippen molar-refractivity contribution in [3.63, 3.8) is 0 Å². The van der Waals surface area contributed by atoms with Crippen LogP contribution in [0.3, 0.4) is 0 Å². The molecule has 1 rings (SSSR count). The quantitative estimate of drug-likeness (QED) is 0.619. The zero-order valence-electron chi connectivity index (χ0n) is 10.7. The molecule has 0 atom stereocenters. The minimum Gasteiger partial charge on any atom is -0.508 e. The van der Waals surface area contributed by atoms with Gasteiger partial charge in [-0.25, -0.2) is 0 Å². The summed E-state index contributed by atoms with van der Waals surface area (Å²) < 4.78 is 5.32. The van der Waals surface area contributed by atoms with Crippen LogP contribution < -0.4 is 5.46 Å². The number of methoxy groups -OCH3 is 1. The molecule has 1 aromatic rings. The molecule has 0 fully saturated rings. The topological polar surface area (TPSA) is 49.7 Å². The van der Waals surface area contributed by atoms with Crippen molar-refractivity contribution in [2.75, 3.05) is 7.11 Å². The van der Waals surface area contributed by atoms with Crippen LogP contribution in [-0.2, 0) is 4.74 Å². The molecule has 1 radical (unpaired) electrons. The van der Waals surface area contributed by atoms with Crippen molar-refractivity contribution in [1.82, 2.24) is 0 Å². The first-order valence-electron chi connectivity index (χ1n) is 5.64. The Bertz CT molecular complexity index is 415. The monoisotopic (exact) mass is 233 g/mol. The van der Waals surface area contributed by atoms with E-state index < -0.39 is 0 Å². The second-order valence-electron chi connectivity index (χ2n) is 3.88. The number of phenols is 2. The van der Waals surface area contributed by atoms with Crippen LogP contribution in [0.2, 0.25) is 6.82 Å². The minimum absolute atomic E-state index is 0.0564. The van der Waals surface area contributed by atoms with Crippen LogP contribution in [-0.4, -0.2) is 24.6 Å². The maximum atomic E-state index is 9.80. The summed E-state index contributed by atoms with van der Waals surface area (Å²) in [5.74, 6) is 0.808. The van der Waals surface area contributed by atoms with Gasteiger partial charge in [0.1, 0.15) is 17.3 Å². The molecule has 0 aromatic heterocycles. The van der Waals surface area contributed by atoms with Gasteiger partial charge >= 0.3 is 0 Å². The van der Waals surface area contributed by atoms with E-state index in [1.165, 1.54) is 0 Å². The lowest BCUT2D eigenvalue weighted by molar-refractivity contribution is 0.365. The van der Waals surface area contributed by atoms with Crippen LogP contribution in [0.4, 0.5) is 0 Å². The van der Waals surface area contributed by atoms with Gasteiger partial charge in [0.15, 0.2) is 7.28 Å². The Morgan fingerprint density at radius 1 is 1.29 bits per heavy atom. The highest BCUT2D eigenvalue weighted by molar-refractivity contribution is 6.54. The summed E-state index contributed by atoms with van der Waals surface area (Å²) in [6.45, 7) is 5.76. The first-order chi connectivity index (χ1) is 8.04. The summed E-state index contributed by atoms with van der Waals surface area (Å²) in [7, 11) is 3.25. The fraction of sp³-hybridized carbons (Fsp3) is 0.385. The van der Waals surface area contributed by atoms with Crippen LogP contribution in [0, 0.1) is 0 Å². The van der Waals surface area contributed by atoms with Gasteiger partial charge in [0.05, 0.1) is 7.11 Å². The average molecular weight is 233 g/mol. The fourth-order valence-electron chi connectivity index (χ4n) is 1.75. The lowest BCUT2D eigenvalue weighted by atomic mass is 9.72. The lowest BCUT2D eigenvalue weighted by Crippen LogP contribution is -2.12. The van der Waals surface area contributed by atoms with Crippen LogP contribution in [0.1, 0.15) is 25.8 Å². The van der Waals surface area contributed by atoms with E-state index in [4.69, 9.17) is 4.74 Å². The van der Waals surface area contributed by atoms with Crippen molar-refractivity contribution in [2.24, 2.45) is 0 Å². The number of hydrogen-bond acceptors (Lipinski definition) is 3. The highest BCUT2D eigenvalue weighted by Crippen LogP contribution is 2.27. The number of phenolic OH excluding ortho intramolecular Hbond substituents is 2. The maximum absolute atomic E-state index is 9.80. The second kappa shape index (κ2) is 5.66. The molecular weight excluding hydrogens is 215 g/mol. The number of allylic oxidation sites excluding steroid dienone is 1. The molecule has 0 unspecified atom stereocenters. The highest BCUT2D eigenvalue weighted by atomic mass is 16.5. The summed E-state index contributed by atoms with van der Waals surface area (Å²) in [6.07, 6.45) is 0.854. The lowest BCUT2D eigenvalue weighted by Gasteiger charge is -2.13. The van der Waals surface area contributed by atoms with Gasteiger partial charge in [-0.05, 0) is 36.5 Å². The Labute approximate surface area is 103 Å². The molecule has 0 saturated heterocycles. The van der Waals surface area contributed by atoms with E-state index >= 15 is 0 Å². The van der Waals surface area contributed by atoms with E-state index in [2.05, 4.69) is 0 Å². The SMILES string of the molecule is C[B]c1c(O)cc(/C(OC)=C(\C)CC)cc1O. The number of benzene rings is 1. The Morgan fingerprint density at radius 3 is 2.18 bits per heavy atom. The largest absolute Gasteiger partial charge is 0.508 e. The second-order valence-corrected chi connectivity index (χ2v) is 3.88. The Hall–Kier alpha value is -1.58. The molecule has 17 heavy (non-hydrogen) atoms. The highest BCUT2D eigenvalue weighted by Gasteiger charge is 2.12. The van der Waals surface area contributed by atoms with Crippen molar-refractivity contribution in [2.45, 2.75) is 27.1 Å². The first kappa shape index (κ1) is 13.5. The molecule has 0 spiro atoms. The Balaban J connectivity index is 3.34. The molecule has 3 nitrogen and oxygen atoms in total. The van der Waals surface area contributed by atoms with E-state index in [1.807, 2.05) is 13.8 Å². The minimum atomic E-state index is 0.0564. The number of hydrogen-bond donors (Lipinski definition) is 2. The van der Waals surface area contributed by atoms with Crippen LogP contribution >= 0.6 is 0 Å². The molecule has 2 N–H and O–H groups in total. The smallest absolute Gasteiger partial charge is 0.158 e. The molecule has 0 bridgehead atoms. The van der Waals surface area contributed by atoms with E-state index in [0.29, 0.717) is 16.8 Å². The van der Waals surface area contributed by atoms with E-state index in [-0.39, 0.29) is 11.5 Å². The maximum Gasteiger partial charge on any atom is 0.158 e. The van der Waals surface area contributed by atoms with E-state index in [0.717, 1.165) is 12.0 Å². The zero-order chi connectivity index (χ0) is 13.0. The summed E-state index contributed by atoms with van der Waals surface area (Å²) in [6, 6.07) is 3.21. The first-order valence-corrected chi connectivity index (χ1v) is 5.64.